The summed E-state index contributed by atoms with van der Waals surface area (Å²) in [7, 11) is 0. The van der Waals surface area contributed by atoms with E-state index in [1.807, 2.05) is 43.3 Å². The average molecular weight is 338 g/mol. The van der Waals surface area contributed by atoms with Crippen molar-refractivity contribution in [1.82, 2.24) is 5.32 Å². The number of carbonyl (C=O) groups is 1. The Morgan fingerprint density at radius 2 is 2.16 bits per heavy atom. The highest BCUT2D eigenvalue weighted by atomic mass is 16.5. The summed E-state index contributed by atoms with van der Waals surface area (Å²) in [5, 5.41) is 2.87. The van der Waals surface area contributed by atoms with E-state index >= 15 is 0 Å². The number of amides is 1. The van der Waals surface area contributed by atoms with Crippen LogP contribution >= 0.6 is 0 Å². The first-order valence-corrected chi connectivity index (χ1v) is 8.21. The van der Waals surface area contributed by atoms with E-state index < -0.39 is 0 Å². The minimum Gasteiger partial charge on any atom is -0.481 e. The van der Waals surface area contributed by atoms with Crippen LogP contribution in [0.25, 0.3) is 0 Å². The van der Waals surface area contributed by atoms with E-state index in [1.54, 1.807) is 13.0 Å². The summed E-state index contributed by atoms with van der Waals surface area (Å²) in [6.45, 7) is 6.42. The van der Waals surface area contributed by atoms with Crippen LogP contribution < -0.4 is 15.8 Å². The maximum absolute atomic E-state index is 12.4. The average Bonchev–Trinajstić information content (AvgIpc) is 2.61. The van der Waals surface area contributed by atoms with Crippen molar-refractivity contribution in [2.45, 2.75) is 33.7 Å². The topological polar surface area (TPSA) is 64.3 Å². The largest absolute Gasteiger partial charge is 0.481 e. The van der Waals surface area contributed by atoms with Gasteiger partial charge in [-0.2, -0.15) is 0 Å². The highest BCUT2D eigenvalue weighted by molar-refractivity contribution is 5.96. The maximum atomic E-state index is 12.4. The van der Waals surface area contributed by atoms with Crippen LogP contribution in [-0.2, 0) is 11.3 Å². The molecule has 0 heterocycles. The van der Waals surface area contributed by atoms with Crippen LogP contribution in [0.4, 0.5) is 0 Å². The SMILES string of the molecule is C#CCOc1cccc(CNC(=O)C(/C=C\C=C(C)CC)=C(/C)N)c1. The number of hydrogen-bond donors (Lipinski definition) is 2. The Balaban J connectivity index is 2.73. The van der Waals surface area contributed by atoms with Gasteiger partial charge in [0.1, 0.15) is 12.4 Å². The summed E-state index contributed by atoms with van der Waals surface area (Å²) in [5.41, 5.74) is 8.93. The molecule has 0 unspecified atom stereocenters. The van der Waals surface area contributed by atoms with Crippen LogP contribution in [0.5, 0.6) is 5.75 Å². The van der Waals surface area contributed by atoms with E-state index in [0.29, 0.717) is 23.6 Å². The molecule has 132 valence electrons. The number of terminal acetylenes is 1. The van der Waals surface area contributed by atoms with Gasteiger partial charge < -0.3 is 15.8 Å². The minimum absolute atomic E-state index is 0.213. The highest BCUT2D eigenvalue weighted by Crippen LogP contribution is 2.13. The molecular formula is C21H26N2O2. The molecule has 4 nitrogen and oxygen atoms in total. The first-order chi connectivity index (χ1) is 12.0. The van der Waals surface area contributed by atoms with Gasteiger partial charge in [0.05, 0.1) is 5.57 Å². The molecule has 0 aliphatic carbocycles. The van der Waals surface area contributed by atoms with Crippen molar-refractivity contribution in [3.63, 3.8) is 0 Å². The standard InChI is InChI=1S/C21H26N2O2/c1-5-13-25-19-11-8-10-18(14-19)15-23-21(24)20(17(4)22)12-7-9-16(3)6-2/h1,7-12,14H,6,13,15,22H2,2-4H3,(H,23,24)/b12-7-,16-9?,20-17-. The molecule has 0 saturated heterocycles. The number of benzene rings is 1. The van der Waals surface area contributed by atoms with E-state index in [2.05, 4.69) is 18.2 Å². The zero-order valence-electron chi connectivity index (χ0n) is 15.1. The maximum Gasteiger partial charge on any atom is 0.253 e. The zero-order valence-corrected chi connectivity index (χ0v) is 15.1. The molecule has 25 heavy (non-hydrogen) atoms. The van der Waals surface area contributed by atoms with Gasteiger partial charge in [-0.1, -0.05) is 42.7 Å². The Kier molecular flexibility index (Phi) is 8.67. The van der Waals surface area contributed by atoms with Crippen LogP contribution in [-0.4, -0.2) is 12.5 Å². The van der Waals surface area contributed by atoms with Crippen molar-refractivity contribution in [3.05, 3.63) is 64.9 Å². The lowest BCUT2D eigenvalue weighted by Gasteiger charge is -2.09. The summed E-state index contributed by atoms with van der Waals surface area (Å²) in [6.07, 6.45) is 11.7. The van der Waals surface area contributed by atoms with Crippen molar-refractivity contribution in [1.29, 1.82) is 0 Å². The van der Waals surface area contributed by atoms with Gasteiger partial charge in [0.15, 0.2) is 0 Å². The molecule has 0 atom stereocenters. The van der Waals surface area contributed by atoms with Gasteiger partial charge in [0.2, 0.25) is 0 Å². The Labute approximate surface area is 150 Å². The van der Waals surface area contributed by atoms with Crippen LogP contribution in [0.1, 0.15) is 32.8 Å². The van der Waals surface area contributed by atoms with E-state index in [-0.39, 0.29) is 12.5 Å². The monoisotopic (exact) mass is 338 g/mol. The Morgan fingerprint density at radius 3 is 2.80 bits per heavy atom. The van der Waals surface area contributed by atoms with Gasteiger partial charge in [-0.3, -0.25) is 4.79 Å². The van der Waals surface area contributed by atoms with E-state index in [9.17, 15) is 4.79 Å². The van der Waals surface area contributed by atoms with Crippen LogP contribution in [0.15, 0.2) is 59.3 Å². The fourth-order valence-corrected chi connectivity index (χ4v) is 1.96. The summed E-state index contributed by atoms with van der Waals surface area (Å²) in [5.74, 6) is 2.88. The Hall–Kier alpha value is -2.93. The predicted octanol–water partition coefficient (Wildman–Crippen LogP) is 3.46. The molecule has 1 amide bonds. The number of nitrogens with two attached hydrogens (primary N) is 1. The molecule has 1 rings (SSSR count). The fourth-order valence-electron chi connectivity index (χ4n) is 1.96. The van der Waals surface area contributed by atoms with Crippen LogP contribution in [0.3, 0.4) is 0 Å². The Morgan fingerprint density at radius 1 is 1.40 bits per heavy atom. The second-order valence-electron chi connectivity index (χ2n) is 5.65. The normalized spacial score (nSPS) is 12.5. The molecule has 3 N–H and O–H groups in total. The molecule has 0 fully saturated rings. The first kappa shape index (κ1) is 20.1. The lowest BCUT2D eigenvalue weighted by Crippen LogP contribution is -2.25. The van der Waals surface area contributed by atoms with Crippen molar-refractivity contribution >= 4 is 5.91 Å². The molecular weight excluding hydrogens is 312 g/mol. The van der Waals surface area contributed by atoms with Gasteiger partial charge in [-0.15, -0.1) is 6.42 Å². The molecule has 4 heteroatoms. The van der Waals surface area contributed by atoms with E-state index in [1.165, 1.54) is 5.57 Å². The Bertz CT molecular complexity index is 718. The van der Waals surface area contributed by atoms with Crippen molar-refractivity contribution in [2.24, 2.45) is 5.73 Å². The zero-order chi connectivity index (χ0) is 18.7. The smallest absolute Gasteiger partial charge is 0.253 e. The molecule has 0 aromatic heterocycles. The number of hydrogen-bond acceptors (Lipinski definition) is 3. The third-order valence-electron chi connectivity index (χ3n) is 3.54. The van der Waals surface area contributed by atoms with Gasteiger partial charge in [0, 0.05) is 12.2 Å². The van der Waals surface area contributed by atoms with Crippen molar-refractivity contribution in [3.8, 4) is 18.1 Å². The van der Waals surface area contributed by atoms with Crippen molar-refractivity contribution < 1.29 is 9.53 Å². The number of allylic oxidation sites excluding steroid dienone is 4. The number of ether oxygens (including phenoxy) is 1. The second kappa shape index (κ2) is 10.8. The van der Waals surface area contributed by atoms with E-state index in [0.717, 1.165) is 12.0 Å². The summed E-state index contributed by atoms with van der Waals surface area (Å²) >= 11 is 0. The molecule has 0 aliphatic rings. The predicted molar refractivity (Wildman–Crippen MR) is 103 cm³/mol. The molecule has 1 aromatic carbocycles. The van der Waals surface area contributed by atoms with Crippen LogP contribution in [0, 0.1) is 12.3 Å². The lowest BCUT2D eigenvalue weighted by atomic mass is 10.1. The molecule has 0 radical (unpaired) electrons. The molecule has 0 aliphatic heterocycles. The summed E-state index contributed by atoms with van der Waals surface area (Å²) in [4.78, 5) is 12.4. The van der Waals surface area contributed by atoms with Gasteiger partial charge in [-0.25, -0.2) is 0 Å². The highest BCUT2D eigenvalue weighted by Gasteiger charge is 2.08. The third-order valence-corrected chi connectivity index (χ3v) is 3.54. The van der Waals surface area contributed by atoms with Crippen molar-refractivity contribution in [2.75, 3.05) is 6.61 Å². The number of rotatable bonds is 8. The van der Waals surface area contributed by atoms with Gasteiger partial charge >= 0.3 is 0 Å². The number of nitrogens with one attached hydrogen (secondary N) is 1. The minimum atomic E-state index is -0.214. The molecule has 0 bridgehead atoms. The third kappa shape index (κ3) is 7.45. The summed E-state index contributed by atoms with van der Waals surface area (Å²) < 4.78 is 5.38. The molecule has 1 aromatic rings. The van der Waals surface area contributed by atoms with Crippen LogP contribution in [0.2, 0.25) is 0 Å². The molecule has 0 saturated carbocycles. The molecule has 0 spiro atoms. The quantitative estimate of drug-likeness (QED) is 0.433. The van der Waals surface area contributed by atoms with E-state index in [4.69, 9.17) is 16.9 Å². The van der Waals surface area contributed by atoms with Gasteiger partial charge in [0.25, 0.3) is 5.91 Å². The summed E-state index contributed by atoms with van der Waals surface area (Å²) in [6, 6.07) is 7.43. The fraction of sp³-hybridized carbons (Fsp3) is 0.286. The van der Waals surface area contributed by atoms with Gasteiger partial charge in [-0.05, 0) is 44.0 Å². The second-order valence-corrected chi connectivity index (χ2v) is 5.65. The lowest BCUT2D eigenvalue weighted by molar-refractivity contribution is -0.117. The first-order valence-electron chi connectivity index (χ1n) is 8.21. The number of carbonyl (C=O) groups excluding carboxylic acids is 1.